The van der Waals surface area contributed by atoms with E-state index in [4.69, 9.17) is 0 Å². The Kier molecular flexibility index (Phi) is 1.67. The van der Waals surface area contributed by atoms with E-state index < -0.39 is 0 Å². The predicted molar refractivity (Wildman–Crippen MR) is 47.4 cm³/mol. The molecule has 0 aromatic carbocycles. The lowest BCUT2D eigenvalue weighted by atomic mass is 9.95. The maximum Gasteiger partial charge on any atom is 0.150 e. The molecule has 0 aromatic heterocycles. The van der Waals surface area contributed by atoms with Crippen molar-refractivity contribution in [3.63, 3.8) is 0 Å². The molecule has 60 valence electrons. The van der Waals surface area contributed by atoms with Crippen LogP contribution in [0.2, 0.25) is 0 Å². The molecule has 1 N–H and O–H groups in total. The van der Waals surface area contributed by atoms with Crippen molar-refractivity contribution in [2.24, 2.45) is 0 Å². The summed E-state index contributed by atoms with van der Waals surface area (Å²) in [4.78, 5) is 10.6. The summed E-state index contributed by atoms with van der Waals surface area (Å²) in [5.41, 5.74) is 1.81. The molecule has 1 aliphatic heterocycles. The summed E-state index contributed by atoms with van der Waals surface area (Å²) < 4.78 is 0. The van der Waals surface area contributed by atoms with E-state index in [9.17, 15) is 4.79 Å². The lowest BCUT2D eigenvalue weighted by molar-refractivity contribution is -0.104. The molecule has 0 aromatic rings. The van der Waals surface area contributed by atoms with Gasteiger partial charge in [0.15, 0.2) is 0 Å². The molecule has 2 aliphatic rings. The molecular weight excluding hydrogens is 150 g/mol. The summed E-state index contributed by atoms with van der Waals surface area (Å²) in [5, 5.41) is 3.15. The van der Waals surface area contributed by atoms with Gasteiger partial charge in [-0.15, -0.1) is 0 Å². The number of aldehydes is 1. The van der Waals surface area contributed by atoms with Gasteiger partial charge in [-0.1, -0.05) is 24.3 Å². The maximum atomic E-state index is 10.6. The number of hydrogen-bond acceptors (Lipinski definition) is 2. The number of hydrogen-bond donors (Lipinski definition) is 1. The van der Waals surface area contributed by atoms with E-state index in [1.807, 2.05) is 24.3 Å². The minimum atomic E-state index is 0.181. The van der Waals surface area contributed by atoms with Gasteiger partial charge in [0.05, 0.1) is 6.04 Å². The van der Waals surface area contributed by atoms with Gasteiger partial charge >= 0.3 is 0 Å². The van der Waals surface area contributed by atoms with Crippen LogP contribution in [-0.2, 0) is 4.79 Å². The maximum absolute atomic E-state index is 10.6. The fourth-order valence-electron chi connectivity index (χ4n) is 1.41. The lowest BCUT2D eigenvalue weighted by Gasteiger charge is -2.21. The van der Waals surface area contributed by atoms with E-state index in [0.29, 0.717) is 0 Å². The Morgan fingerprint density at radius 2 is 2.25 bits per heavy atom. The Balaban J connectivity index is 2.46. The fourth-order valence-corrected chi connectivity index (χ4v) is 1.41. The van der Waals surface area contributed by atoms with Gasteiger partial charge in [0.2, 0.25) is 0 Å². The van der Waals surface area contributed by atoms with Crippen LogP contribution in [0.1, 0.15) is 0 Å². The highest BCUT2D eigenvalue weighted by atomic mass is 16.1. The quantitative estimate of drug-likeness (QED) is 0.580. The summed E-state index contributed by atoms with van der Waals surface area (Å²) in [7, 11) is 0. The van der Waals surface area contributed by atoms with Crippen LogP contribution in [0.3, 0.4) is 0 Å². The van der Waals surface area contributed by atoms with Gasteiger partial charge in [-0.05, 0) is 17.8 Å². The predicted octanol–water partition coefficient (Wildman–Crippen LogP) is 1.09. The molecule has 2 rings (SSSR count). The minimum absolute atomic E-state index is 0.181. The standard InChI is InChI=1S/C10H9NO/c12-7-8-5-6-11-10-4-2-1-3-9(8)10/h1-7,10-11H. The minimum Gasteiger partial charge on any atom is -0.381 e. The third-order valence-electron chi connectivity index (χ3n) is 2.02. The first-order valence-corrected chi connectivity index (χ1v) is 3.88. The molecule has 0 saturated heterocycles. The normalized spacial score (nSPS) is 25.2. The van der Waals surface area contributed by atoms with Crippen molar-refractivity contribution in [1.29, 1.82) is 0 Å². The third kappa shape index (κ3) is 1.01. The van der Waals surface area contributed by atoms with Crippen LogP contribution in [-0.4, -0.2) is 12.3 Å². The molecular formula is C10H9NO. The van der Waals surface area contributed by atoms with Crippen LogP contribution >= 0.6 is 0 Å². The summed E-state index contributed by atoms with van der Waals surface area (Å²) >= 11 is 0. The first-order chi connectivity index (χ1) is 5.92. The van der Waals surface area contributed by atoms with Crippen molar-refractivity contribution in [1.82, 2.24) is 5.32 Å². The van der Waals surface area contributed by atoms with Crippen LogP contribution < -0.4 is 5.32 Å². The summed E-state index contributed by atoms with van der Waals surface area (Å²) in [6, 6.07) is 0.181. The number of carbonyl (C=O) groups excluding carboxylic acids is 1. The first kappa shape index (κ1) is 7.10. The fraction of sp³-hybridized carbons (Fsp3) is 0.100. The van der Waals surface area contributed by atoms with Gasteiger partial charge in [-0.25, -0.2) is 0 Å². The second-order valence-corrected chi connectivity index (χ2v) is 2.75. The van der Waals surface area contributed by atoms with Crippen LogP contribution in [0.4, 0.5) is 0 Å². The van der Waals surface area contributed by atoms with E-state index >= 15 is 0 Å². The van der Waals surface area contributed by atoms with E-state index in [1.165, 1.54) is 0 Å². The van der Waals surface area contributed by atoms with Crippen molar-refractivity contribution in [2.75, 3.05) is 0 Å². The number of allylic oxidation sites excluding steroid dienone is 4. The zero-order valence-corrected chi connectivity index (χ0v) is 6.53. The van der Waals surface area contributed by atoms with Crippen LogP contribution in [0, 0.1) is 0 Å². The van der Waals surface area contributed by atoms with Crippen molar-refractivity contribution >= 4 is 6.29 Å². The Bertz CT molecular complexity index is 321. The molecule has 1 heterocycles. The second-order valence-electron chi connectivity index (χ2n) is 2.75. The lowest BCUT2D eigenvalue weighted by Crippen LogP contribution is -2.28. The zero-order chi connectivity index (χ0) is 8.39. The molecule has 0 saturated carbocycles. The second kappa shape index (κ2) is 2.81. The van der Waals surface area contributed by atoms with Gasteiger partial charge in [0.25, 0.3) is 0 Å². The van der Waals surface area contributed by atoms with Crippen molar-refractivity contribution < 1.29 is 4.79 Å². The van der Waals surface area contributed by atoms with Crippen molar-refractivity contribution in [2.45, 2.75) is 6.04 Å². The summed E-state index contributed by atoms with van der Waals surface area (Å²) in [6.45, 7) is 0. The number of rotatable bonds is 1. The van der Waals surface area contributed by atoms with E-state index in [2.05, 4.69) is 5.32 Å². The summed E-state index contributed by atoms with van der Waals surface area (Å²) in [6.07, 6.45) is 12.4. The van der Waals surface area contributed by atoms with E-state index in [-0.39, 0.29) is 6.04 Å². The highest BCUT2D eigenvalue weighted by Crippen LogP contribution is 2.18. The molecule has 1 unspecified atom stereocenters. The Morgan fingerprint density at radius 3 is 3.08 bits per heavy atom. The van der Waals surface area contributed by atoms with E-state index in [0.717, 1.165) is 17.4 Å². The Morgan fingerprint density at radius 1 is 1.33 bits per heavy atom. The zero-order valence-electron chi connectivity index (χ0n) is 6.53. The molecule has 0 fully saturated rings. The number of fused-ring (bicyclic) bond motifs is 1. The van der Waals surface area contributed by atoms with Gasteiger partial charge in [-0.2, -0.15) is 0 Å². The number of carbonyl (C=O) groups is 1. The molecule has 0 amide bonds. The number of nitrogens with one attached hydrogen (secondary N) is 1. The van der Waals surface area contributed by atoms with Crippen LogP contribution in [0.5, 0.6) is 0 Å². The van der Waals surface area contributed by atoms with Crippen LogP contribution in [0.25, 0.3) is 0 Å². The SMILES string of the molecule is O=CC1=C2C=CC=CC2NC=C1. The van der Waals surface area contributed by atoms with Gasteiger partial charge < -0.3 is 5.32 Å². The smallest absolute Gasteiger partial charge is 0.150 e. The highest BCUT2D eigenvalue weighted by Gasteiger charge is 2.15. The Labute approximate surface area is 71.0 Å². The molecule has 0 bridgehead atoms. The molecule has 1 atom stereocenters. The molecule has 2 heteroatoms. The van der Waals surface area contributed by atoms with Gasteiger partial charge in [0.1, 0.15) is 6.29 Å². The molecule has 2 nitrogen and oxygen atoms in total. The first-order valence-electron chi connectivity index (χ1n) is 3.88. The average molecular weight is 159 g/mol. The van der Waals surface area contributed by atoms with Crippen LogP contribution in [0.15, 0.2) is 47.7 Å². The summed E-state index contributed by atoms with van der Waals surface area (Å²) in [5.74, 6) is 0. The Hall–Kier alpha value is -1.57. The molecule has 12 heavy (non-hydrogen) atoms. The van der Waals surface area contributed by atoms with Crippen molar-refractivity contribution in [3.8, 4) is 0 Å². The average Bonchev–Trinajstić information content (AvgIpc) is 2.17. The molecule has 0 spiro atoms. The van der Waals surface area contributed by atoms with E-state index in [1.54, 1.807) is 12.3 Å². The van der Waals surface area contributed by atoms with Gasteiger partial charge in [0, 0.05) is 5.57 Å². The third-order valence-corrected chi connectivity index (χ3v) is 2.02. The topological polar surface area (TPSA) is 29.1 Å². The molecule has 1 aliphatic carbocycles. The number of dihydropyridines is 1. The molecule has 0 radical (unpaired) electrons. The highest BCUT2D eigenvalue weighted by molar-refractivity contribution is 5.81. The van der Waals surface area contributed by atoms with Gasteiger partial charge in [-0.3, -0.25) is 4.79 Å². The monoisotopic (exact) mass is 159 g/mol. The largest absolute Gasteiger partial charge is 0.381 e. The van der Waals surface area contributed by atoms with Crippen molar-refractivity contribution in [3.05, 3.63) is 47.7 Å².